The van der Waals surface area contributed by atoms with Crippen molar-refractivity contribution in [2.24, 2.45) is 15.6 Å². The first-order valence-electron chi connectivity index (χ1n) is 8.83. The topological polar surface area (TPSA) is 130 Å². The van der Waals surface area contributed by atoms with Gasteiger partial charge in [0, 0.05) is 24.6 Å². The lowest BCUT2D eigenvalue weighted by Gasteiger charge is -2.30. The predicted octanol–water partition coefficient (Wildman–Crippen LogP) is 2.56. The van der Waals surface area contributed by atoms with Gasteiger partial charge in [0.1, 0.15) is 12.1 Å². The Morgan fingerprint density at radius 3 is 2.68 bits per heavy atom. The molecule has 0 radical (unpaired) electrons. The van der Waals surface area contributed by atoms with Crippen molar-refractivity contribution in [1.29, 1.82) is 0 Å². The van der Waals surface area contributed by atoms with Gasteiger partial charge >= 0.3 is 0 Å². The lowest BCUT2D eigenvalue weighted by Crippen LogP contribution is -2.38. The number of halogens is 2. The van der Waals surface area contributed by atoms with Crippen molar-refractivity contribution in [2.75, 3.05) is 10.6 Å². The van der Waals surface area contributed by atoms with Crippen LogP contribution in [0.4, 0.5) is 32.4 Å². The van der Waals surface area contributed by atoms with E-state index in [9.17, 15) is 13.6 Å². The molecule has 12 heteroatoms. The van der Waals surface area contributed by atoms with E-state index in [-0.39, 0.29) is 42.0 Å². The average Bonchev–Trinajstić information content (AvgIpc) is 3.40. The molecule has 1 amide bonds. The minimum atomic E-state index is -2.66. The van der Waals surface area contributed by atoms with Crippen molar-refractivity contribution in [1.82, 2.24) is 24.9 Å². The van der Waals surface area contributed by atoms with Gasteiger partial charge in [-0.3, -0.25) is 10.1 Å². The molecule has 0 aromatic carbocycles. The molecule has 0 unspecified atom stereocenters. The number of carbonyl (C=O) groups is 1. The van der Waals surface area contributed by atoms with Crippen molar-refractivity contribution < 1.29 is 13.6 Å². The molecule has 2 fully saturated rings. The lowest BCUT2D eigenvalue weighted by atomic mass is 9.89. The van der Waals surface area contributed by atoms with Crippen LogP contribution in [0.25, 0.3) is 0 Å². The highest BCUT2D eigenvalue weighted by molar-refractivity contribution is 5.99. The van der Waals surface area contributed by atoms with Crippen LogP contribution in [0.15, 0.2) is 22.8 Å². The molecular formula is C16H15F2N9O. The molecule has 144 valence electrons. The van der Waals surface area contributed by atoms with E-state index in [4.69, 9.17) is 0 Å². The summed E-state index contributed by atoms with van der Waals surface area (Å²) >= 11 is 0. The third-order valence-corrected chi connectivity index (χ3v) is 5.12. The number of azo groups is 1. The summed E-state index contributed by atoms with van der Waals surface area (Å²) < 4.78 is 25.6. The molecule has 1 spiro atoms. The number of carbonyl (C=O) groups excluding carboxylic acids is 1. The van der Waals surface area contributed by atoms with Crippen molar-refractivity contribution in [2.45, 2.75) is 44.1 Å². The predicted molar refractivity (Wildman–Crippen MR) is 91.6 cm³/mol. The van der Waals surface area contributed by atoms with E-state index >= 15 is 0 Å². The average molecular weight is 387 g/mol. The van der Waals surface area contributed by atoms with E-state index in [1.54, 1.807) is 6.20 Å². The van der Waals surface area contributed by atoms with Crippen LogP contribution in [0.3, 0.4) is 0 Å². The van der Waals surface area contributed by atoms with E-state index in [1.807, 2.05) is 0 Å². The second-order valence-corrected chi connectivity index (χ2v) is 7.35. The van der Waals surface area contributed by atoms with E-state index in [0.29, 0.717) is 12.2 Å². The molecule has 2 aliphatic carbocycles. The summed E-state index contributed by atoms with van der Waals surface area (Å²) in [4.78, 5) is 32.5. The third-order valence-electron chi connectivity index (χ3n) is 5.12. The number of anilines is 3. The van der Waals surface area contributed by atoms with Crippen LogP contribution in [0, 0.1) is 5.41 Å². The largest absolute Gasteiger partial charge is 0.310 e. The first-order chi connectivity index (χ1) is 13.4. The Hall–Kier alpha value is -3.18. The number of fused-ring (bicyclic) bond motifs is 1. The van der Waals surface area contributed by atoms with E-state index < -0.39 is 12.0 Å². The Bertz CT molecular complexity index is 984. The second kappa shape index (κ2) is 5.91. The molecule has 0 bridgehead atoms. The fraction of sp³-hybridized carbons (Fsp3) is 0.500. The van der Waals surface area contributed by atoms with Crippen LogP contribution >= 0.6 is 0 Å². The fourth-order valence-corrected chi connectivity index (χ4v) is 3.28. The highest BCUT2D eigenvalue weighted by atomic mass is 19.3. The van der Waals surface area contributed by atoms with Crippen LogP contribution in [0.2, 0.25) is 0 Å². The number of amides is 1. The molecular weight excluding hydrogens is 372 g/mol. The van der Waals surface area contributed by atoms with E-state index in [2.05, 4.69) is 45.8 Å². The number of hydrogen-bond donors (Lipinski definition) is 2. The maximum atomic E-state index is 12.8. The molecule has 3 aliphatic rings. The first-order valence-corrected chi connectivity index (χ1v) is 8.83. The number of hydrogen-bond acceptors (Lipinski definition) is 9. The zero-order valence-electron chi connectivity index (χ0n) is 14.6. The molecule has 10 nitrogen and oxygen atoms in total. The van der Waals surface area contributed by atoms with Crippen LogP contribution in [-0.4, -0.2) is 42.8 Å². The normalized spacial score (nSPS) is 21.9. The van der Waals surface area contributed by atoms with Crippen molar-refractivity contribution >= 4 is 29.6 Å². The van der Waals surface area contributed by atoms with Crippen molar-refractivity contribution in [3.63, 3.8) is 0 Å². The summed E-state index contributed by atoms with van der Waals surface area (Å²) in [5, 5.41) is 13.2. The van der Waals surface area contributed by atoms with Gasteiger partial charge in [-0.25, -0.2) is 18.7 Å². The summed E-state index contributed by atoms with van der Waals surface area (Å²) in [5.74, 6) is -1.86. The molecule has 1 aliphatic heterocycles. The molecule has 28 heavy (non-hydrogen) atoms. The SMILES string of the molecule is O=C1Nc2nc(Nc3ncnc(N=NC4CC(F)(F)C4)n3)ncc2CC12CC2. The zero-order chi connectivity index (χ0) is 19.4. The van der Waals surface area contributed by atoms with Crippen LogP contribution in [0.5, 0.6) is 0 Å². The molecule has 2 saturated carbocycles. The standard InChI is InChI=1S/C16H15F2N9O/c17-16(18)4-9(5-16)26-27-14-21-7-20-13(25-14)24-12-19-6-8-3-15(1-2-15)11(28)22-10(8)23-12/h6-7,9H,1-5H2,(H2,19,20,21,22,23,24,25,28). The van der Waals surface area contributed by atoms with Gasteiger partial charge in [0.05, 0.1) is 11.5 Å². The number of rotatable bonds is 4. The molecule has 3 heterocycles. The van der Waals surface area contributed by atoms with Crippen LogP contribution < -0.4 is 10.6 Å². The maximum Gasteiger partial charge on any atom is 0.273 e. The quantitative estimate of drug-likeness (QED) is 0.771. The minimum Gasteiger partial charge on any atom is -0.310 e. The summed E-state index contributed by atoms with van der Waals surface area (Å²) in [5.41, 5.74) is 0.620. The number of nitrogens with zero attached hydrogens (tertiary/aromatic N) is 7. The highest BCUT2D eigenvalue weighted by Gasteiger charge is 2.52. The van der Waals surface area contributed by atoms with E-state index in [0.717, 1.165) is 18.4 Å². The monoisotopic (exact) mass is 387 g/mol. The van der Waals surface area contributed by atoms with Gasteiger partial charge < -0.3 is 5.32 Å². The summed E-state index contributed by atoms with van der Waals surface area (Å²) in [6, 6.07) is -0.523. The Labute approximate surface area is 157 Å². The van der Waals surface area contributed by atoms with Crippen molar-refractivity contribution in [3.8, 4) is 0 Å². The maximum absolute atomic E-state index is 12.8. The number of alkyl halides is 2. The van der Waals surface area contributed by atoms with Gasteiger partial charge in [-0.05, 0) is 19.3 Å². The summed E-state index contributed by atoms with van der Waals surface area (Å²) in [6.07, 6.45) is 4.67. The fourth-order valence-electron chi connectivity index (χ4n) is 3.28. The Kier molecular flexibility index (Phi) is 3.58. The van der Waals surface area contributed by atoms with Gasteiger partial charge in [-0.15, -0.1) is 5.11 Å². The first kappa shape index (κ1) is 17.0. The third kappa shape index (κ3) is 3.14. The van der Waals surface area contributed by atoms with E-state index in [1.165, 1.54) is 6.33 Å². The van der Waals surface area contributed by atoms with Crippen LogP contribution in [-0.2, 0) is 11.2 Å². The highest BCUT2D eigenvalue weighted by Crippen LogP contribution is 2.52. The van der Waals surface area contributed by atoms with Gasteiger partial charge in [-0.2, -0.15) is 20.1 Å². The Balaban J connectivity index is 1.28. The Morgan fingerprint density at radius 2 is 1.93 bits per heavy atom. The van der Waals surface area contributed by atoms with Crippen LogP contribution in [0.1, 0.15) is 31.2 Å². The minimum absolute atomic E-state index is 0.00495. The molecule has 2 aromatic heterocycles. The lowest BCUT2D eigenvalue weighted by molar-refractivity contribution is -0.121. The second-order valence-electron chi connectivity index (χ2n) is 7.35. The molecule has 0 saturated heterocycles. The van der Waals surface area contributed by atoms with Gasteiger partial charge in [-0.1, -0.05) is 0 Å². The summed E-state index contributed by atoms with van der Waals surface area (Å²) in [7, 11) is 0. The molecule has 0 atom stereocenters. The smallest absolute Gasteiger partial charge is 0.273 e. The molecule has 2 aromatic rings. The van der Waals surface area contributed by atoms with Crippen molar-refractivity contribution in [3.05, 3.63) is 18.1 Å². The molecule has 2 N–H and O–H groups in total. The number of aromatic nitrogens is 5. The zero-order valence-corrected chi connectivity index (χ0v) is 14.6. The van der Waals surface area contributed by atoms with Gasteiger partial charge in [0.2, 0.25) is 17.8 Å². The number of nitrogens with one attached hydrogen (secondary N) is 2. The van der Waals surface area contributed by atoms with Gasteiger partial charge in [0.25, 0.3) is 11.9 Å². The Morgan fingerprint density at radius 1 is 1.14 bits per heavy atom. The van der Waals surface area contributed by atoms with Gasteiger partial charge in [0.15, 0.2) is 0 Å². The molecule has 5 rings (SSSR count). The summed E-state index contributed by atoms with van der Waals surface area (Å²) in [6.45, 7) is 0.